The van der Waals surface area contributed by atoms with Crippen molar-refractivity contribution in [3.63, 3.8) is 0 Å². The first kappa shape index (κ1) is 92.1. The number of benzene rings is 23. The van der Waals surface area contributed by atoms with Gasteiger partial charge in [0, 0.05) is 35.1 Å². The number of rotatable bonds is 5. The SMILES string of the molecule is CC(C)(C)c1c2ccccc2c(-c2ccc(C#N)cc2)c2ccccc12.CC(C)(C)c1c2ccccc2c(-c2ccc3c(ccc4ccccc43)c2)c2ccccc12.CC(C)(C)c1c2ccccc2c(-c2ccc3ccc4ccccc4c3c2)c2ccccc12.CC(C)(C)c1c2ccccc2c(-c2cccc3cccnc23)c2ccccc12.CC(C)(C)c1c2ccccc2c(-c2cccnc2)c2ccccc12. The largest absolute Gasteiger partial charge is 0.264 e. The van der Waals surface area contributed by atoms with Crippen LogP contribution in [-0.2, 0) is 27.1 Å². The number of pyridine rings is 2. The molecule has 23 aromatic carbocycles. The second-order valence-electron chi connectivity index (χ2n) is 43.2. The van der Waals surface area contributed by atoms with Crippen LogP contribution in [0.5, 0.6) is 0 Å². The van der Waals surface area contributed by atoms with Crippen LogP contribution >= 0.6 is 0 Å². The summed E-state index contributed by atoms with van der Waals surface area (Å²) in [6, 6.07) is 153. The Morgan fingerprint density at radius 3 is 0.782 bits per heavy atom. The molecule has 0 unspecified atom stereocenters. The summed E-state index contributed by atoms with van der Waals surface area (Å²) >= 11 is 0. The first-order valence-electron chi connectivity index (χ1n) is 50.0. The van der Waals surface area contributed by atoms with Crippen LogP contribution in [0.1, 0.15) is 137 Å². The minimum absolute atomic E-state index is 0.0441. The maximum Gasteiger partial charge on any atom is 0.0991 e. The summed E-state index contributed by atoms with van der Waals surface area (Å²) in [6.07, 6.45) is 5.68. The van der Waals surface area contributed by atoms with Gasteiger partial charge in [-0.15, -0.1) is 0 Å². The molecule has 0 fully saturated rings. The number of hydrogen-bond donors (Lipinski definition) is 0. The van der Waals surface area contributed by atoms with Gasteiger partial charge in [0.1, 0.15) is 0 Å². The van der Waals surface area contributed by atoms with Crippen molar-refractivity contribution in [1.82, 2.24) is 9.97 Å². The van der Waals surface area contributed by atoms with Crippen LogP contribution in [0.15, 0.2) is 437 Å². The minimum atomic E-state index is 0.0441. The average molecular weight is 1830 g/mol. The van der Waals surface area contributed by atoms with Crippen LogP contribution in [0.3, 0.4) is 0 Å². The van der Waals surface area contributed by atoms with Gasteiger partial charge in [-0.1, -0.05) is 486 Å². The summed E-state index contributed by atoms with van der Waals surface area (Å²) in [5.74, 6) is 0. The molecule has 142 heavy (non-hydrogen) atoms. The molecule has 25 aromatic rings. The molecule has 0 bridgehead atoms. The van der Waals surface area contributed by atoms with E-state index < -0.39 is 0 Å². The fourth-order valence-electron chi connectivity index (χ4n) is 23.1. The lowest BCUT2D eigenvalue weighted by molar-refractivity contribution is 0.601. The van der Waals surface area contributed by atoms with Crippen LogP contribution in [-0.4, -0.2) is 9.97 Å². The number of hydrogen-bond acceptors (Lipinski definition) is 3. The molecule has 2 aromatic heterocycles. The standard InChI is InChI=1S/2C32H26.C27H23N.C25H21N.C23H21N/c1-32(2,3)31-28-14-8-6-12-26(28)30(27-13-7-9-15-29(27)31)23-18-19-25-22(20-23)17-16-21-10-4-5-11-24(21)25;1-32(2,3)31-27-14-8-6-12-25(27)30(26-13-7-9-15-28(26)31)23-19-18-22-17-16-21-10-4-5-11-24(21)29(22)20-23;1-27(2,3)25-21-14-6-4-12-19(21)24(20-13-5-7-15-22(20)25)23-16-8-10-18-11-9-17-28-26(18)23;1-25(2,3)24-21-10-6-4-8-19(21)23(20-9-5-7-11-22(20)24)18-14-12-17(16-26)13-15-18;1-23(2,3)22-19-12-6-4-10-17(19)21(16-9-8-14-24-15-16)18-11-5-7-13-20(18)22/h2*4-20H,1-3H3;4-17H,1-3H3;4-15H,1-3H3;4-15H,1-3H3. The van der Waals surface area contributed by atoms with Crippen molar-refractivity contribution in [2.24, 2.45) is 0 Å². The van der Waals surface area contributed by atoms with E-state index in [2.05, 4.69) is 509 Å². The summed E-state index contributed by atoms with van der Waals surface area (Å²) in [5, 5.41) is 47.1. The van der Waals surface area contributed by atoms with E-state index >= 15 is 0 Å². The normalized spacial score (nSPS) is 12.0. The number of nitrogens with zero attached hydrogens (tertiary/aromatic N) is 3. The van der Waals surface area contributed by atoms with Crippen molar-refractivity contribution in [3.05, 3.63) is 471 Å². The number of aromatic nitrogens is 2. The molecule has 3 heteroatoms. The molecule has 0 amide bonds. The monoisotopic (exact) mass is 1830 g/mol. The first-order chi connectivity index (χ1) is 68.7. The van der Waals surface area contributed by atoms with Gasteiger partial charge in [-0.3, -0.25) is 9.97 Å². The Kier molecular flexibility index (Phi) is 24.1. The van der Waals surface area contributed by atoms with E-state index in [1.807, 2.05) is 42.9 Å². The van der Waals surface area contributed by atoms with E-state index in [1.54, 1.807) is 0 Å². The molecule has 0 atom stereocenters. The predicted molar refractivity (Wildman–Crippen MR) is 616 cm³/mol. The van der Waals surface area contributed by atoms with Crippen molar-refractivity contribution in [3.8, 4) is 61.7 Å². The van der Waals surface area contributed by atoms with Gasteiger partial charge in [-0.25, -0.2) is 0 Å². The van der Waals surface area contributed by atoms with Crippen LogP contribution in [0.25, 0.3) is 217 Å². The van der Waals surface area contributed by atoms with Crippen molar-refractivity contribution >= 4 is 162 Å². The van der Waals surface area contributed by atoms with Gasteiger partial charge in [0.25, 0.3) is 0 Å². The average Bonchev–Trinajstić information content (AvgIpc) is 0.709. The van der Waals surface area contributed by atoms with E-state index in [4.69, 9.17) is 10.2 Å². The van der Waals surface area contributed by atoms with Crippen LogP contribution in [0.2, 0.25) is 0 Å². The maximum atomic E-state index is 9.12. The molecular formula is C139H117N3. The molecule has 0 spiro atoms. The van der Waals surface area contributed by atoms with Gasteiger partial charge in [0.15, 0.2) is 0 Å². The molecule has 0 aliphatic heterocycles. The highest BCUT2D eigenvalue weighted by Crippen LogP contribution is 2.52. The van der Waals surface area contributed by atoms with Crippen molar-refractivity contribution in [1.29, 1.82) is 5.26 Å². The summed E-state index contributed by atoms with van der Waals surface area (Å²) in [4.78, 5) is 9.09. The molecule has 3 nitrogen and oxygen atoms in total. The lowest BCUT2D eigenvalue weighted by atomic mass is 9.78. The van der Waals surface area contributed by atoms with E-state index in [1.165, 1.54) is 234 Å². The molecule has 0 radical (unpaired) electrons. The smallest absolute Gasteiger partial charge is 0.0991 e. The highest BCUT2D eigenvalue weighted by molar-refractivity contribution is 6.23. The zero-order valence-electron chi connectivity index (χ0n) is 83.9. The van der Waals surface area contributed by atoms with Gasteiger partial charge in [0.05, 0.1) is 17.1 Å². The second-order valence-corrected chi connectivity index (χ2v) is 43.2. The lowest BCUT2D eigenvalue weighted by Crippen LogP contribution is -2.13. The molecule has 0 saturated heterocycles. The van der Waals surface area contributed by atoms with Crippen molar-refractivity contribution in [2.75, 3.05) is 0 Å². The molecule has 2 heterocycles. The van der Waals surface area contributed by atoms with Gasteiger partial charge in [-0.05, 0) is 287 Å². The van der Waals surface area contributed by atoms with E-state index in [0.29, 0.717) is 5.56 Å². The summed E-state index contributed by atoms with van der Waals surface area (Å²) < 4.78 is 0. The Labute approximate surface area is 834 Å². The summed E-state index contributed by atoms with van der Waals surface area (Å²) in [6.45, 7) is 34.6. The third kappa shape index (κ3) is 17.0. The molecule has 0 N–H and O–H groups in total. The quantitative estimate of drug-likeness (QED) is 0.127. The molecule has 0 saturated carbocycles. The fourth-order valence-corrected chi connectivity index (χ4v) is 23.1. The number of para-hydroxylation sites is 1. The number of nitriles is 1. The third-order valence-corrected chi connectivity index (χ3v) is 28.6. The van der Waals surface area contributed by atoms with E-state index in [9.17, 15) is 0 Å². The van der Waals surface area contributed by atoms with Crippen LogP contribution in [0.4, 0.5) is 0 Å². The van der Waals surface area contributed by atoms with Crippen LogP contribution in [0, 0.1) is 11.3 Å². The highest BCUT2D eigenvalue weighted by Gasteiger charge is 2.31. The van der Waals surface area contributed by atoms with Gasteiger partial charge >= 0.3 is 0 Å². The summed E-state index contributed by atoms with van der Waals surface area (Å²) in [5.41, 5.74) is 21.7. The minimum Gasteiger partial charge on any atom is -0.264 e. The summed E-state index contributed by atoms with van der Waals surface area (Å²) in [7, 11) is 0. The van der Waals surface area contributed by atoms with Crippen LogP contribution < -0.4 is 0 Å². The Hall–Kier alpha value is -16.3. The molecule has 0 aliphatic rings. The Morgan fingerprint density at radius 1 is 0.183 bits per heavy atom. The molecular weight excluding hydrogens is 1710 g/mol. The molecule has 688 valence electrons. The van der Waals surface area contributed by atoms with E-state index in [-0.39, 0.29) is 27.1 Å². The first-order valence-corrected chi connectivity index (χ1v) is 50.0. The third-order valence-electron chi connectivity index (χ3n) is 28.6. The number of fused-ring (bicyclic) bond motifs is 17. The Morgan fingerprint density at radius 2 is 0.437 bits per heavy atom. The van der Waals surface area contributed by atoms with Crippen molar-refractivity contribution < 1.29 is 0 Å². The Balaban J connectivity index is 0.000000105. The topological polar surface area (TPSA) is 49.6 Å². The zero-order chi connectivity index (χ0) is 98.1. The van der Waals surface area contributed by atoms with Crippen molar-refractivity contribution in [2.45, 2.75) is 131 Å². The predicted octanol–water partition coefficient (Wildman–Crippen LogP) is 39.2. The second kappa shape index (κ2) is 37.2. The Bertz CT molecular complexity index is 9010. The highest BCUT2D eigenvalue weighted by atomic mass is 14.7. The van der Waals surface area contributed by atoms with Gasteiger partial charge in [0.2, 0.25) is 0 Å². The fraction of sp³-hybridized carbons (Fsp3) is 0.144. The molecule has 0 aliphatic carbocycles. The molecule has 25 rings (SSSR count). The zero-order valence-corrected chi connectivity index (χ0v) is 83.9. The van der Waals surface area contributed by atoms with E-state index in [0.717, 1.165) is 11.1 Å². The maximum absolute atomic E-state index is 9.12. The lowest BCUT2D eigenvalue weighted by Gasteiger charge is -2.26. The van der Waals surface area contributed by atoms with Gasteiger partial charge in [-0.2, -0.15) is 5.26 Å². The van der Waals surface area contributed by atoms with Gasteiger partial charge < -0.3 is 0 Å².